The number of rotatable bonds is 1. The molecule has 0 N–H and O–H groups in total. The van der Waals surface area contributed by atoms with Crippen LogP contribution < -0.4 is 0 Å². The molecule has 2 rings (SSSR count). The van der Waals surface area contributed by atoms with E-state index in [9.17, 15) is 13.2 Å². The first-order valence-electron chi connectivity index (χ1n) is 5.42. The molecule has 0 saturated heterocycles. The lowest BCUT2D eigenvalue weighted by Gasteiger charge is -2.21. The zero-order valence-corrected chi connectivity index (χ0v) is 8.80. The van der Waals surface area contributed by atoms with Gasteiger partial charge in [-0.1, -0.05) is 6.07 Å². The van der Waals surface area contributed by atoms with E-state index in [2.05, 4.69) is 11.4 Å². The van der Waals surface area contributed by atoms with Crippen LogP contribution in [0.5, 0.6) is 0 Å². The highest BCUT2D eigenvalue weighted by Gasteiger charge is 2.32. The van der Waals surface area contributed by atoms with Crippen molar-refractivity contribution >= 4 is 0 Å². The first kappa shape index (κ1) is 11.4. The molecule has 0 aliphatic heterocycles. The fourth-order valence-corrected chi connectivity index (χ4v) is 2.07. The largest absolute Gasteiger partial charge is 0.433 e. The van der Waals surface area contributed by atoms with E-state index in [1.54, 1.807) is 6.07 Å². The Morgan fingerprint density at radius 3 is 2.31 bits per heavy atom. The van der Waals surface area contributed by atoms with Gasteiger partial charge in [-0.25, -0.2) is 0 Å². The summed E-state index contributed by atoms with van der Waals surface area (Å²) in [6.07, 6.45) is 3.41. The van der Waals surface area contributed by atoms with Gasteiger partial charge in [0.2, 0.25) is 0 Å². The van der Waals surface area contributed by atoms with E-state index >= 15 is 0 Å². The van der Waals surface area contributed by atoms with Crippen LogP contribution in [-0.4, -0.2) is 4.98 Å². The lowest BCUT2D eigenvalue weighted by Crippen LogP contribution is -2.10. The predicted octanol–water partition coefficient (Wildman–Crippen LogP) is 3.96. The first-order valence-corrected chi connectivity index (χ1v) is 5.42. The molecule has 0 bridgehead atoms. The highest BCUT2D eigenvalue weighted by molar-refractivity contribution is 5.20. The summed E-state index contributed by atoms with van der Waals surface area (Å²) >= 11 is 0. The van der Waals surface area contributed by atoms with Gasteiger partial charge < -0.3 is 0 Å². The number of hydrogen-bond acceptors (Lipinski definition) is 1. The third-order valence-electron chi connectivity index (χ3n) is 2.99. The van der Waals surface area contributed by atoms with Crippen LogP contribution in [-0.2, 0) is 6.18 Å². The SMILES string of the molecule is FC(F)(F)c1ccc(C2CC[CH]CC2)cn1. The van der Waals surface area contributed by atoms with Crippen molar-refractivity contribution in [3.63, 3.8) is 0 Å². The number of nitrogens with zero attached hydrogens (tertiary/aromatic N) is 1. The summed E-state index contributed by atoms with van der Waals surface area (Å²) in [5, 5.41) is 0. The number of pyridine rings is 1. The predicted molar refractivity (Wildman–Crippen MR) is 54.7 cm³/mol. The van der Waals surface area contributed by atoms with Crippen LogP contribution in [0.25, 0.3) is 0 Å². The fraction of sp³-hybridized carbons (Fsp3) is 0.500. The van der Waals surface area contributed by atoms with Crippen LogP contribution in [0.15, 0.2) is 18.3 Å². The zero-order chi connectivity index (χ0) is 11.6. The number of halogens is 3. The van der Waals surface area contributed by atoms with E-state index in [-0.39, 0.29) is 0 Å². The summed E-state index contributed by atoms with van der Waals surface area (Å²) in [6, 6.07) is 2.64. The molecular weight excluding hydrogens is 215 g/mol. The maximum Gasteiger partial charge on any atom is 0.433 e. The van der Waals surface area contributed by atoms with Gasteiger partial charge in [0.05, 0.1) is 0 Å². The fourth-order valence-electron chi connectivity index (χ4n) is 2.07. The molecule has 0 aromatic carbocycles. The maximum absolute atomic E-state index is 12.3. The van der Waals surface area contributed by atoms with Gasteiger partial charge >= 0.3 is 6.18 Å². The normalized spacial score (nSPS) is 18.7. The minimum Gasteiger partial charge on any atom is -0.251 e. The van der Waals surface area contributed by atoms with Crippen LogP contribution in [0, 0.1) is 6.42 Å². The van der Waals surface area contributed by atoms with E-state index in [4.69, 9.17) is 0 Å². The van der Waals surface area contributed by atoms with Crippen molar-refractivity contribution in [1.29, 1.82) is 0 Å². The van der Waals surface area contributed by atoms with Gasteiger partial charge in [0, 0.05) is 6.20 Å². The van der Waals surface area contributed by atoms with E-state index < -0.39 is 11.9 Å². The minimum absolute atomic E-state index is 0.375. The second-order valence-electron chi connectivity index (χ2n) is 4.11. The number of alkyl halides is 3. The molecule has 1 aromatic heterocycles. The van der Waals surface area contributed by atoms with Gasteiger partial charge in [0.1, 0.15) is 5.69 Å². The van der Waals surface area contributed by atoms with Gasteiger partial charge in [0.25, 0.3) is 0 Å². The Bertz CT molecular complexity index is 336. The van der Waals surface area contributed by atoms with Gasteiger partial charge in [-0.2, -0.15) is 13.2 Å². The Hall–Kier alpha value is -1.06. The third kappa shape index (κ3) is 2.54. The number of hydrogen-bond donors (Lipinski definition) is 0. The van der Waals surface area contributed by atoms with E-state index in [1.807, 2.05) is 0 Å². The van der Waals surface area contributed by atoms with Crippen LogP contribution in [0.4, 0.5) is 13.2 Å². The molecule has 1 fully saturated rings. The molecule has 0 amide bonds. The first-order chi connectivity index (χ1) is 7.57. The van der Waals surface area contributed by atoms with Crippen LogP contribution in [0.3, 0.4) is 0 Å². The van der Waals surface area contributed by atoms with Crippen molar-refractivity contribution < 1.29 is 13.2 Å². The highest BCUT2D eigenvalue weighted by Crippen LogP contribution is 2.33. The Balaban J connectivity index is 2.12. The maximum atomic E-state index is 12.3. The minimum atomic E-state index is -4.33. The summed E-state index contributed by atoms with van der Waals surface area (Å²) < 4.78 is 36.9. The molecule has 1 radical (unpaired) electrons. The molecule has 1 saturated carbocycles. The monoisotopic (exact) mass is 228 g/mol. The van der Waals surface area contributed by atoms with Crippen LogP contribution in [0.2, 0.25) is 0 Å². The Morgan fingerprint density at radius 2 is 1.81 bits per heavy atom. The smallest absolute Gasteiger partial charge is 0.251 e. The molecule has 1 heterocycles. The van der Waals surface area contributed by atoms with Crippen molar-refractivity contribution in [2.75, 3.05) is 0 Å². The Kier molecular flexibility index (Phi) is 3.17. The van der Waals surface area contributed by atoms with E-state index in [1.165, 1.54) is 6.20 Å². The topological polar surface area (TPSA) is 12.9 Å². The summed E-state index contributed by atoms with van der Waals surface area (Å²) in [4.78, 5) is 3.49. The van der Waals surface area contributed by atoms with Crippen LogP contribution in [0.1, 0.15) is 42.9 Å². The summed E-state index contributed by atoms with van der Waals surface area (Å²) in [6.45, 7) is 0. The molecule has 0 unspecified atom stereocenters. The lowest BCUT2D eigenvalue weighted by molar-refractivity contribution is -0.141. The molecule has 0 atom stereocenters. The van der Waals surface area contributed by atoms with E-state index in [0.29, 0.717) is 5.92 Å². The molecule has 4 heteroatoms. The summed E-state index contributed by atoms with van der Waals surface area (Å²) in [5.41, 5.74) is 0.125. The number of aromatic nitrogens is 1. The van der Waals surface area contributed by atoms with Gasteiger partial charge in [0.15, 0.2) is 0 Å². The molecule has 1 aliphatic rings. The average molecular weight is 228 g/mol. The summed E-state index contributed by atoms with van der Waals surface area (Å²) in [7, 11) is 0. The van der Waals surface area contributed by atoms with Gasteiger partial charge in [-0.15, -0.1) is 0 Å². The van der Waals surface area contributed by atoms with Crippen LogP contribution >= 0.6 is 0 Å². The highest BCUT2D eigenvalue weighted by atomic mass is 19.4. The molecule has 1 aromatic rings. The lowest BCUT2D eigenvalue weighted by atomic mass is 9.85. The molecule has 0 spiro atoms. The molecular formula is C12H13F3N. The van der Waals surface area contributed by atoms with Crippen molar-refractivity contribution in [1.82, 2.24) is 4.98 Å². The van der Waals surface area contributed by atoms with Gasteiger partial charge in [-0.05, 0) is 49.7 Å². The standard InChI is InChI=1S/C12H13F3N/c13-12(14,15)11-7-6-10(8-16-11)9-4-2-1-3-5-9/h1,6-9H,2-5H2. The summed E-state index contributed by atoms with van der Waals surface area (Å²) in [5.74, 6) is 0.375. The molecule has 1 nitrogen and oxygen atoms in total. The van der Waals surface area contributed by atoms with Crippen molar-refractivity contribution in [3.8, 4) is 0 Å². The Labute approximate surface area is 92.7 Å². The second-order valence-corrected chi connectivity index (χ2v) is 4.11. The van der Waals surface area contributed by atoms with E-state index in [0.717, 1.165) is 37.3 Å². The quantitative estimate of drug-likeness (QED) is 0.708. The Morgan fingerprint density at radius 1 is 1.12 bits per heavy atom. The van der Waals surface area contributed by atoms with Crippen molar-refractivity contribution in [2.45, 2.75) is 37.8 Å². The molecule has 1 aliphatic carbocycles. The van der Waals surface area contributed by atoms with Gasteiger partial charge in [-0.3, -0.25) is 4.98 Å². The average Bonchev–Trinajstić information content (AvgIpc) is 2.29. The molecule has 16 heavy (non-hydrogen) atoms. The zero-order valence-electron chi connectivity index (χ0n) is 8.80. The van der Waals surface area contributed by atoms with Crippen molar-refractivity contribution in [3.05, 3.63) is 36.0 Å². The third-order valence-corrected chi connectivity index (χ3v) is 2.99. The molecule has 87 valence electrons. The second kappa shape index (κ2) is 4.44. The van der Waals surface area contributed by atoms with Crippen molar-refractivity contribution in [2.24, 2.45) is 0 Å².